The van der Waals surface area contributed by atoms with Gasteiger partial charge in [0.2, 0.25) is 0 Å². The van der Waals surface area contributed by atoms with Crippen LogP contribution < -0.4 is 14.8 Å². The van der Waals surface area contributed by atoms with Crippen molar-refractivity contribution >= 4 is 17.3 Å². The highest BCUT2D eigenvalue weighted by Gasteiger charge is 2.14. The van der Waals surface area contributed by atoms with Gasteiger partial charge in [0, 0.05) is 18.7 Å². The van der Waals surface area contributed by atoms with E-state index >= 15 is 0 Å². The molecule has 0 unspecified atom stereocenters. The molecule has 3 rings (SSSR count). The van der Waals surface area contributed by atoms with Crippen LogP contribution in [0, 0.1) is 13.8 Å². The van der Waals surface area contributed by atoms with Crippen LogP contribution >= 0.6 is 11.6 Å². The zero-order valence-electron chi connectivity index (χ0n) is 12.2. The van der Waals surface area contributed by atoms with E-state index in [1.54, 1.807) is 6.07 Å². The Morgan fingerprint density at radius 1 is 1.00 bits per heavy atom. The van der Waals surface area contributed by atoms with Crippen LogP contribution in [0.15, 0.2) is 30.3 Å². The van der Waals surface area contributed by atoms with E-state index in [9.17, 15) is 0 Å². The van der Waals surface area contributed by atoms with Crippen molar-refractivity contribution in [3.63, 3.8) is 0 Å². The molecule has 1 N–H and O–H groups in total. The van der Waals surface area contributed by atoms with Gasteiger partial charge in [0.1, 0.15) is 13.2 Å². The van der Waals surface area contributed by atoms with Gasteiger partial charge in [0.05, 0.1) is 10.7 Å². The van der Waals surface area contributed by atoms with Gasteiger partial charge in [-0.1, -0.05) is 29.8 Å². The number of anilines is 1. The number of aryl methyl sites for hydroxylation is 2. The Morgan fingerprint density at radius 2 is 1.71 bits per heavy atom. The summed E-state index contributed by atoms with van der Waals surface area (Å²) in [7, 11) is 0. The number of rotatable bonds is 3. The standard InChI is InChI=1S/C17H18ClNO2/c1-11-3-4-13(7-12(11)2)10-19-15-9-17-16(8-14(15)18)20-5-6-21-17/h3-4,7-9,19H,5-6,10H2,1-2H3. The third kappa shape index (κ3) is 3.08. The Labute approximate surface area is 129 Å². The number of hydrogen-bond acceptors (Lipinski definition) is 3. The van der Waals surface area contributed by atoms with Crippen LogP contribution in [-0.4, -0.2) is 13.2 Å². The third-order valence-corrected chi connectivity index (χ3v) is 4.00. The molecular weight excluding hydrogens is 286 g/mol. The Hall–Kier alpha value is -1.87. The molecule has 2 aromatic carbocycles. The van der Waals surface area contributed by atoms with Crippen molar-refractivity contribution in [3.05, 3.63) is 52.0 Å². The molecule has 3 nitrogen and oxygen atoms in total. The molecule has 1 aliphatic rings. The smallest absolute Gasteiger partial charge is 0.163 e. The molecule has 0 amide bonds. The second-order valence-electron chi connectivity index (χ2n) is 5.25. The highest BCUT2D eigenvalue weighted by Crippen LogP contribution is 2.38. The van der Waals surface area contributed by atoms with Gasteiger partial charge < -0.3 is 14.8 Å². The van der Waals surface area contributed by atoms with Crippen LogP contribution in [0.25, 0.3) is 0 Å². The van der Waals surface area contributed by atoms with Crippen molar-refractivity contribution in [1.29, 1.82) is 0 Å². The fourth-order valence-corrected chi connectivity index (χ4v) is 2.53. The summed E-state index contributed by atoms with van der Waals surface area (Å²) in [5.74, 6) is 1.45. The first-order valence-corrected chi connectivity index (χ1v) is 7.40. The lowest BCUT2D eigenvalue weighted by Gasteiger charge is -2.20. The number of nitrogens with one attached hydrogen (secondary N) is 1. The highest BCUT2D eigenvalue weighted by atomic mass is 35.5. The summed E-state index contributed by atoms with van der Waals surface area (Å²) in [6.07, 6.45) is 0. The summed E-state index contributed by atoms with van der Waals surface area (Å²) >= 11 is 6.29. The van der Waals surface area contributed by atoms with Gasteiger partial charge >= 0.3 is 0 Å². The number of benzene rings is 2. The first kappa shape index (κ1) is 14.1. The van der Waals surface area contributed by atoms with Crippen molar-refractivity contribution < 1.29 is 9.47 Å². The van der Waals surface area contributed by atoms with Crippen LogP contribution in [0.3, 0.4) is 0 Å². The third-order valence-electron chi connectivity index (χ3n) is 3.69. The Morgan fingerprint density at radius 3 is 2.43 bits per heavy atom. The zero-order chi connectivity index (χ0) is 14.8. The van der Waals surface area contributed by atoms with Gasteiger partial charge in [0.15, 0.2) is 11.5 Å². The van der Waals surface area contributed by atoms with Crippen molar-refractivity contribution in [2.75, 3.05) is 18.5 Å². The zero-order valence-corrected chi connectivity index (χ0v) is 13.0. The van der Waals surface area contributed by atoms with Gasteiger partial charge in [-0.25, -0.2) is 0 Å². The van der Waals surface area contributed by atoms with E-state index in [1.807, 2.05) is 6.07 Å². The number of fused-ring (bicyclic) bond motifs is 1. The summed E-state index contributed by atoms with van der Waals surface area (Å²) in [4.78, 5) is 0. The quantitative estimate of drug-likeness (QED) is 0.915. The monoisotopic (exact) mass is 303 g/mol. The summed E-state index contributed by atoms with van der Waals surface area (Å²) in [5, 5.41) is 4.00. The molecule has 0 aliphatic carbocycles. The summed E-state index contributed by atoms with van der Waals surface area (Å²) in [6.45, 7) is 6.10. The second kappa shape index (κ2) is 5.86. The van der Waals surface area contributed by atoms with E-state index < -0.39 is 0 Å². The molecule has 0 saturated carbocycles. The van der Waals surface area contributed by atoms with Crippen molar-refractivity contribution in [2.24, 2.45) is 0 Å². The molecule has 0 aromatic heterocycles. The molecule has 0 spiro atoms. The van der Waals surface area contributed by atoms with Gasteiger partial charge in [-0.15, -0.1) is 0 Å². The Balaban J connectivity index is 1.77. The largest absolute Gasteiger partial charge is 0.486 e. The minimum Gasteiger partial charge on any atom is -0.486 e. The summed E-state index contributed by atoms with van der Waals surface area (Å²) < 4.78 is 11.1. The molecule has 2 aromatic rings. The average molecular weight is 304 g/mol. The molecule has 0 bridgehead atoms. The lowest BCUT2D eigenvalue weighted by Crippen LogP contribution is -2.15. The molecule has 110 valence electrons. The molecule has 0 fully saturated rings. The van der Waals surface area contributed by atoms with E-state index in [4.69, 9.17) is 21.1 Å². The molecule has 21 heavy (non-hydrogen) atoms. The van der Waals surface area contributed by atoms with E-state index in [-0.39, 0.29) is 0 Å². The van der Waals surface area contributed by atoms with Crippen LogP contribution in [-0.2, 0) is 6.54 Å². The first-order chi connectivity index (χ1) is 10.1. The maximum atomic E-state index is 6.29. The lowest BCUT2D eigenvalue weighted by atomic mass is 10.1. The van der Waals surface area contributed by atoms with Gasteiger partial charge in [-0.3, -0.25) is 0 Å². The molecule has 1 aliphatic heterocycles. The van der Waals surface area contributed by atoms with Crippen molar-refractivity contribution in [1.82, 2.24) is 0 Å². The van der Waals surface area contributed by atoms with Crippen LogP contribution in [0.5, 0.6) is 11.5 Å². The number of ether oxygens (including phenoxy) is 2. The predicted octanol–water partition coefficient (Wildman–Crippen LogP) is 4.34. The topological polar surface area (TPSA) is 30.5 Å². The lowest BCUT2D eigenvalue weighted by molar-refractivity contribution is 0.171. The molecule has 0 radical (unpaired) electrons. The fraction of sp³-hybridized carbons (Fsp3) is 0.294. The number of hydrogen-bond donors (Lipinski definition) is 1. The average Bonchev–Trinajstić information content (AvgIpc) is 2.48. The van der Waals surface area contributed by atoms with E-state index in [1.165, 1.54) is 16.7 Å². The fourth-order valence-electron chi connectivity index (χ4n) is 2.31. The van der Waals surface area contributed by atoms with Gasteiger partial charge in [-0.05, 0) is 30.5 Å². The van der Waals surface area contributed by atoms with Crippen LogP contribution in [0.2, 0.25) is 5.02 Å². The molecular formula is C17H18ClNO2. The van der Waals surface area contributed by atoms with E-state index in [0.29, 0.717) is 24.0 Å². The van der Waals surface area contributed by atoms with Crippen LogP contribution in [0.1, 0.15) is 16.7 Å². The maximum Gasteiger partial charge on any atom is 0.163 e. The van der Waals surface area contributed by atoms with E-state index in [2.05, 4.69) is 37.4 Å². The Kier molecular flexibility index (Phi) is 3.93. The normalized spacial score (nSPS) is 13.1. The SMILES string of the molecule is Cc1ccc(CNc2cc3c(cc2Cl)OCCO3)cc1C. The Bertz CT molecular complexity index is 670. The molecule has 0 atom stereocenters. The molecule has 1 heterocycles. The van der Waals surface area contributed by atoms with Gasteiger partial charge in [-0.2, -0.15) is 0 Å². The molecule has 0 saturated heterocycles. The van der Waals surface area contributed by atoms with Gasteiger partial charge in [0.25, 0.3) is 0 Å². The minimum atomic E-state index is 0.568. The first-order valence-electron chi connectivity index (χ1n) is 7.02. The number of halogens is 1. The second-order valence-corrected chi connectivity index (χ2v) is 5.66. The van der Waals surface area contributed by atoms with Crippen LogP contribution in [0.4, 0.5) is 5.69 Å². The minimum absolute atomic E-state index is 0.568. The van der Waals surface area contributed by atoms with Crippen molar-refractivity contribution in [2.45, 2.75) is 20.4 Å². The van der Waals surface area contributed by atoms with E-state index in [0.717, 1.165) is 18.0 Å². The maximum absolute atomic E-state index is 6.29. The molecule has 4 heteroatoms. The highest BCUT2D eigenvalue weighted by molar-refractivity contribution is 6.33. The predicted molar refractivity (Wildman–Crippen MR) is 85.7 cm³/mol. The summed E-state index contributed by atoms with van der Waals surface area (Å²) in [5.41, 5.74) is 4.68. The summed E-state index contributed by atoms with van der Waals surface area (Å²) in [6, 6.07) is 10.2. The van der Waals surface area contributed by atoms with Crippen molar-refractivity contribution in [3.8, 4) is 11.5 Å².